The number of pyridine rings is 1. The van der Waals surface area contributed by atoms with Crippen molar-refractivity contribution in [3.63, 3.8) is 0 Å². The molecule has 22 heavy (non-hydrogen) atoms. The van der Waals surface area contributed by atoms with Gasteiger partial charge >= 0.3 is 0 Å². The largest absolute Gasteiger partial charge is 0.295 e. The molecule has 1 amide bonds. The first-order valence-corrected chi connectivity index (χ1v) is 7.02. The summed E-state index contributed by atoms with van der Waals surface area (Å²) in [7, 11) is 0. The number of carbonyl (C=O) groups excluding carboxylic acids is 1. The number of nitriles is 1. The van der Waals surface area contributed by atoms with Gasteiger partial charge in [-0.05, 0) is 12.1 Å². The van der Waals surface area contributed by atoms with Crippen molar-refractivity contribution in [1.82, 2.24) is 4.98 Å². The predicted octanol–water partition coefficient (Wildman–Crippen LogP) is 2.44. The van der Waals surface area contributed by atoms with E-state index in [4.69, 9.17) is 16.9 Å². The van der Waals surface area contributed by atoms with Crippen LogP contribution in [-0.4, -0.2) is 29.7 Å². The number of hydrogen-bond donors (Lipinski definition) is 0. The van der Waals surface area contributed by atoms with Gasteiger partial charge in [0.2, 0.25) is 5.91 Å². The summed E-state index contributed by atoms with van der Waals surface area (Å²) in [5.74, 6) is -0.238. The molecule has 0 aliphatic carbocycles. The highest BCUT2D eigenvalue weighted by molar-refractivity contribution is 6.30. The standard InChI is InChI=1S/C16H11ClN4O/c17-13-7-6-12-16(20-13)15(11-4-2-1-3-5-11)19-10-14(22)21(12)9-8-18/h1-7H,9-10H2. The summed E-state index contributed by atoms with van der Waals surface area (Å²) in [5.41, 5.74) is 2.52. The quantitative estimate of drug-likeness (QED) is 0.632. The van der Waals surface area contributed by atoms with Gasteiger partial charge in [0.15, 0.2) is 0 Å². The van der Waals surface area contributed by atoms with Gasteiger partial charge in [0.25, 0.3) is 0 Å². The van der Waals surface area contributed by atoms with E-state index in [1.807, 2.05) is 36.4 Å². The second kappa shape index (κ2) is 5.96. The van der Waals surface area contributed by atoms with Gasteiger partial charge in [-0.15, -0.1) is 0 Å². The molecule has 1 aliphatic rings. The van der Waals surface area contributed by atoms with Crippen molar-refractivity contribution in [2.45, 2.75) is 0 Å². The molecule has 0 fully saturated rings. The first kappa shape index (κ1) is 14.2. The van der Waals surface area contributed by atoms with E-state index in [9.17, 15) is 4.79 Å². The Balaban J connectivity index is 2.21. The molecule has 3 rings (SSSR count). The highest BCUT2D eigenvalue weighted by Gasteiger charge is 2.26. The minimum atomic E-state index is -0.238. The number of aliphatic imine (C=N–C) groups is 1. The zero-order valence-electron chi connectivity index (χ0n) is 11.5. The lowest BCUT2D eigenvalue weighted by atomic mass is 10.1. The van der Waals surface area contributed by atoms with Gasteiger partial charge in [-0.3, -0.25) is 14.7 Å². The van der Waals surface area contributed by atoms with E-state index in [2.05, 4.69) is 9.98 Å². The number of hydrogen-bond acceptors (Lipinski definition) is 4. The molecule has 0 saturated heterocycles. The monoisotopic (exact) mass is 310 g/mol. The molecule has 1 aromatic carbocycles. The minimum absolute atomic E-state index is 0.0279. The van der Waals surface area contributed by atoms with Crippen LogP contribution >= 0.6 is 11.6 Å². The average molecular weight is 311 g/mol. The summed E-state index contributed by atoms with van der Waals surface area (Å²) >= 11 is 6.01. The van der Waals surface area contributed by atoms with Crippen LogP contribution in [0, 0.1) is 11.3 Å². The van der Waals surface area contributed by atoms with Crippen molar-refractivity contribution in [3.8, 4) is 6.07 Å². The number of fused-ring (bicyclic) bond motifs is 1. The van der Waals surface area contributed by atoms with Crippen molar-refractivity contribution < 1.29 is 4.79 Å². The third kappa shape index (κ3) is 2.57. The SMILES string of the molecule is N#CCN1C(=O)CN=C(c2ccccc2)c2nc(Cl)ccc21. The van der Waals surface area contributed by atoms with Crippen LogP contribution in [0.5, 0.6) is 0 Å². The molecular formula is C16H11ClN4O. The molecular weight excluding hydrogens is 300 g/mol. The maximum Gasteiger partial charge on any atom is 0.249 e. The normalized spacial score (nSPS) is 13.9. The van der Waals surface area contributed by atoms with Crippen LogP contribution in [0.15, 0.2) is 47.5 Å². The Morgan fingerprint density at radius 2 is 2.00 bits per heavy atom. The molecule has 0 bridgehead atoms. The Hall–Kier alpha value is -2.71. The molecule has 6 heteroatoms. The van der Waals surface area contributed by atoms with Gasteiger partial charge in [0.1, 0.15) is 23.9 Å². The number of amides is 1. The van der Waals surface area contributed by atoms with Gasteiger partial charge < -0.3 is 0 Å². The van der Waals surface area contributed by atoms with Gasteiger partial charge in [-0.25, -0.2) is 4.98 Å². The van der Waals surface area contributed by atoms with Gasteiger partial charge in [0, 0.05) is 5.56 Å². The number of halogens is 1. The topological polar surface area (TPSA) is 69.3 Å². The van der Waals surface area contributed by atoms with Crippen LogP contribution in [-0.2, 0) is 4.79 Å². The third-order valence-electron chi connectivity index (χ3n) is 3.30. The molecule has 108 valence electrons. The first-order chi connectivity index (χ1) is 10.7. The van der Waals surface area contributed by atoms with Crippen LogP contribution in [0.3, 0.4) is 0 Å². The summed E-state index contributed by atoms with van der Waals surface area (Å²) in [5, 5.41) is 9.28. The fourth-order valence-electron chi connectivity index (χ4n) is 2.33. The molecule has 0 saturated carbocycles. The van der Waals surface area contributed by atoms with Crippen molar-refractivity contribution in [2.75, 3.05) is 18.0 Å². The van der Waals surface area contributed by atoms with E-state index < -0.39 is 0 Å². The maximum atomic E-state index is 12.2. The lowest BCUT2D eigenvalue weighted by Crippen LogP contribution is -2.32. The number of aromatic nitrogens is 1. The van der Waals surface area contributed by atoms with Crippen LogP contribution in [0.1, 0.15) is 11.3 Å². The van der Waals surface area contributed by atoms with E-state index in [0.29, 0.717) is 22.2 Å². The molecule has 0 N–H and O–H groups in total. The highest BCUT2D eigenvalue weighted by Crippen LogP contribution is 2.26. The van der Waals surface area contributed by atoms with E-state index in [0.717, 1.165) is 5.56 Å². The first-order valence-electron chi connectivity index (χ1n) is 6.65. The number of benzene rings is 1. The fourth-order valence-corrected chi connectivity index (χ4v) is 2.48. The maximum absolute atomic E-state index is 12.2. The minimum Gasteiger partial charge on any atom is -0.295 e. The summed E-state index contributed by atoms with van der Waals surface area (Å²) in [4.78, 5) is 22.3. The summed E-state index contributed by atoms with van der Waals surface area (Å²) in [6.07, 6.45) is 0. The molecule has 1 aromatic heterocycles. The zero-order chi connectivity index (χ0) is 15.5. The summed E-state index contributed by atoms with van der Waals surface area (Å²) in [6, 6.07) is 14.8. The second-order valence-electron chi connectivity index (χ2n) is 4.67. The lowest BCUT2D eigenvalue weighted by Gasteiger charge is -2.19. The Morgan fingerprint density at radius 1 is 1.23 bits per heavy atom. The fraction of sp³-hybridized carbons (Fsp3) is 0.125. The predicted molar refractivity (Wildman–Crippen MR) is 84.2 cm³/mol. The second-order valence-corrected chi connectivity index (χ2v) is 5.06. The van der Waals surface area contributed by atoms with Gasteiger partial charge in [0.05, 0.1) is 17.5 Å². The van der Waals surface area contributed by atoms with E-state index in [1.165, 1.54) is 4.90 Å². The van der Waals surface area contributed by atoms with Crippen molar-refractivity contribution >= 4 is 28.9 Å². The van der Waals surface area contributed by atoms with Crippen LogP contribution in [0.4, 0.5) is 5.69 Å². The van der Waals surface area contributed by atoms with Gasteiger partial charge in [-0.1, -0.05) is 41.9 Å². The third-order valence-corrected chi connectivity index (χ3v) is 3.52. The smallest absolute Gasteiger partial charge is 0.249 e. The Morgan fingerprint density at radius 3 is 2.73 bits per heavy atom. The Kier molecular flexibility index (Phi) is 3.86. The average Bonchev–Trinajstić information content (AvgIpc) is 2.66. The molecule has 0 radical (unpaired) electrons. The highest BCUT2D eigenvalue weighted by atomic mass is 35.5. The van der Waals surface area contributed by atoms with Crippen molar-refractivity contribution in [1.29, 1.82) is 5.26 Å². The van der Waals surface area contributed by atoms with Crippen LogP contribution in [0.25, 0.3) is 0 Å². The molecule has 2 aromatic rings. The summed E-state index contributed by atoms with van der Waals surface area (Å²) < 4.78 is 0. The molecule has 0 unspecified atom stereocenters. The van der Waals surface area contributed by atoms with Crippen molar-refractivity contribution in [2.24, 2.45) is 4.99 Å². The number of carbonyl (C=O) groups is 1. The Bertz CT molecular complexity index is 796. The molecule has 5 nitrogen and oxygen atoms in total. The van der Waals surface area contributed by atoms with E-state index >= 15 is 0 Å². The molecule has 2 heterocycles. The molecule has 0 spiro atoms. The molecule has 1 aliphatic heterocycles. The number of anilines is 1. The Labute approximate surface area is 132 Å². The zero-order valence-corrected chi connectivity index (χ0v) is 12.3. The van der Waals surface area contributed by atoms with Crippen LogP contribution < -0.4 is 4.90 Å². The summed E-state index contributed by atoms with van der Waals surface area (Å²) in [6.45, 7) is -0.0768. The number of rotatable bonds is 2. The van der Waals surface area contributed by atoms with Crippen molar-refractivity contribution in [3.05, 3.63) is 58.9 Å². The van der Waals surface area contributed by atoms with E-state index in [-0.39, 0.29) is 19.0 Å². The van der Waals surface area contributed by atoms with Crippen LogP contribution in [0.2, 0.25) is 5.15 Å². The number of nitrogens with zero attached hydrogens (tertiary/aromatic N) is 4. The molecule has 0 atom stereocenters. The van der Waals surface area contributed by atoms with E-state index in [1.54, 1.807) is 12.1 Å². The lowest BCUT2D eigenvalue weighted by molar-refractivity contribution is -0.117. The van der Waals surface area contributed by atoms with Gasteiger partial charge in [-0.2, -0.15) is 5.26 Å².